The molecule has 0 fully saturated rings. The van der Waals surface area contributed by atoms with Gasteiger partial charge in [0.05, 0.1) is 11.0 Å². The fraction of sp³-hybridized carbons (Fsp3) is 0.500. The topological polar surface area (TPSA) is 40.7 Å². The summed E-state index contributed by atoms with van der Waals surface area (Å²) in [6, 6.07) is 8.17. The first-order valence-electron chi connectivity index (χ1n) is 6.40. The number of rotatable bonds is 6. The third-order valence-electron chi connectivity index (χ3n) is 2.88. The van der Waals surface area contributed by atoms with E-state index in [1.807, 2.05) is 18.2 Å². The van der Waals surface area contributed by atoms with Gasteiger partial charge in [0.25, 0.3) is 0 Å². The molecule has 17 heavy (non-hydrogen) atoms. The Morgan fingerprint density at radius 1 is 1.24 bits per heavy atom. The highest BCUT2D eigenvalue weighted by molar-refractivity contribution is 5.74. The number of para-hydroxylation sites is 2. The Hall–Kier alpha value is -1.35. The van der Waals surface area contributed by atoms with Crippen LogP contribution in [0.3, 0.4) is 0 Å². The van der Waals surface area contributed by atoms with Crippen LogP contribution in [-0.4, -0.2) is 23.1 Å². The van der Waals surface area contributed by atoms with Crippen LogP contribution in [0.5, 0.6) is 0 Å². The van der Waals surface area contributed by atoms with Gasteiger partial charge in [0.1, 0.15) is 5.82 Å². The molecule has 3 nitrogen and oxygen atoms in total. The first kappa shape index (κ1) is 12.1. The van der Waals surface area contributed by atoms with E-state index in [0.29, 0.717) is 0 Å². The Kier molecular flexibility index (Phi) is 4.15. The Morgan fingerprint density at radius 2 is 2.06 bits per heavy atom. The molecular formula is C14H21N3. The van der Waals surface area contributed by atoms with Crippen molar-refractivity contribution in [1.29, 1.82) is 0 Å². The van der Waals surface area contributed by atoms with Crippen LogP contribution in [0, 0.1) is 5.92 Å². The molecule has 92 valence electrons. The molecule has 0 bridgehead atoms. The van der Waals surface area contributed by atoms with Crippen molar-refractivity contribution < 1.29 is 0 Å². The lowest BCUT2D eigenvalue weighted by molar-refractivity contribution is 0.537. The minimum atomic E-state index is 0.772. The van der Waals surface area contributed by atoms with Crippen molar-refractivity contribution in [2.45, 2.75) is 26.7 Å². The SMILES string of the molecule is CC(C)CCNCCc1nc2ccccc2[nH]1. The van der Waals surface area contributed by atoms with E-state index in [1.165, 1.54) is 6.42 Å². The zero-order chi connectivity index (χ0) is 12.1. The number of imidazole rings is 1. The van der Waals surface area contributed by atoms with E-state index in [4.69, 9.17) is 0 Å². The number of H-pyrrole nitrogens is 1. The molecule has 1 heterocycles. The fourth-order valence-corrected chi connectivity index (χ4v) is 1.85. The molecule has 2 N–H and O–H groups in total. The number of nitrogens with zero attached hydrogens (tertiary/aromatic N) is 1. The van der Waals surface area contributed by atoms with Crippen molar-refractivity contribution >= 4 is 11.0 Å². The lowest BCUT2D eigenvalue weighted by atomic mass is 10.1. The van der Waals surface area contributed by atoms with Crippen LogP contribution in [0.25, 0.3) is 11.0 Å². The van der Waals surface area contributed by atoms with Gasteiger partial charge in [0.2, 0.25) is 0 Å². The molecule has 0 aliphatic rings. The summed E-state index contributed by atoms with van der Waals surface area (Å²) in [6.07, 6.45) is 2.20. The minimum absolute atomic E-state index is 0.772. The molecule has 0 saturated heterocycles. The molecule has 0 aliphatic carbocycles. The zero-order valence-electron chi connectivity index (χ0n) is 10.7. The molecule has 0 amide bonds. The van der Waals surface area contributed by atoms with Crippen molar-refractivity contribution in [2.24, 2.45) is 5.92 Å². The molecule has 0 spiro atoms. The smallest absolute Gasteiger partial charge is 0.108 e. The van der Waals surface area contributed by atoms with E-state index < -0.39 is 0 Å². The van der Waals surface area contributed by atoms with Gasteiger partial charge < -0.3 is 10.3 Å². The molecule has 3 heteroatoms. The summed E-state index contributed by atoms with van der Waals surface area (Å²) in [7, 11) is 0. The van der Waals surface area contributed by atoms with Crippen LogP contribution >= 0.6 is 0 Å². The van der Waals surface area contributed by atoms with E-state index >= 15 is 0 Å². The summed E-state index contributed by atoms with van der Waals surface area (Å²) >= 11 is 0. The summed E-state index contributed by atoms with van der Waals surface area (Å²) < 4.78 is 0. The molecule has 0 radical (unpaired) electrons. The van der Waals surface area contributed by atoms with E-state index in [1.54, 1.807) is 0 Å². The molecule has 1 aromatic heterocycles. The van der Waals surface area contributed by atoms with Gasteiger partial charge in [-0.1, -0.05) is 26.0 Å². The van der Waals surface area contributed by atoms with Gasteiger partial charge >= 0.3 is 0 Å². The van der Waals surface area contributed by atoms with Crippen molar-refractivity contribution in [3.8, 4) is 0 Å². The molecule has 2 aromatic rings. The molecule has 0 saturated carbocycles. The number of aromatic nitrogens is 2. The fourth-order valence-electron chi connectivity index (χ4n) is 1.85. The standard InChI is InChI=1S/C14H21N3/c1-11(2)7-9-15-10-8-14-16-12-5-3-4-6-13(12)17-14/h3-6,11,15H,7-10H2,1-2H3,(H,16,17). The van der Waals surface area contributed by atoms with Gasteiger partial charge in [-0.25, -0.2) is 4.98 Å². The lowest BCUT2D eigenvalue weighted by Crippen LogP contribution is -2.20. The van der Waals surface area contributed by atoms with Crippen LogP contribution in [-0.2, 0) is 6.42 Å². The number of aromatic amines is 1. The maximum absolute atomic E-state index is 4.55. The molecule has 0 atom stereocenters. The van der Waals surface area contributed by atoms with Crippen LogP contribution in [0.1, 0.15) is 26.1 Å². The molecule has 0 aliphatic heterocycles. The quantitative estimate of drug-likeness (QED) is 0.750. The molecule has 2 rings (SSSR count). The number of fused-ring (bicyclic) bond motifs is 1. The van der Waals surface area contributed by atoms with Crippen LogP contribution in [0.2, 0.25) is 0 Å². The molecule has 1 aromatic carbocycles. The number of benzene rings is 1. The average Bonchev–Trinajstić information content (AvgIpc) is 2.70. The highest BCUT2D eigenvalue weighted by Crippen LogP contribution is 2.10. The normalized spacial score (nSPS) is 11.5. The number of hydrogen-bond acceptors (Lipinski definition) is 2. The van der Waals surface area contributed by atoms with Crippen LogP contribution < -0.4 is 5.32 Å². The second-order valence-electron chi connectivity index (χ2n) is 4.88. The Labute approximate surface area is 103 Å². The maximum atomic E-state index is 4.55. The highest BCUT2D eigenvalue weighted by Gasteiger charge is 2.01. The summed E-state index contributed by atoms with van der Waals surface area (Å²) in [5.41, 5.74) is 2.19. The summed E-state index contributed by atoms with van der Waals surface area (Å²) in [6.45, 7) is 6.59. The largest absolute Gasteiger partial charge is 0.342 e. The average molecular weight is 231 g/mol. The van der Waals surface area contributed by atoms with Crippen molar-refractivity contribution in [3.63, 3.8) is 0 Å². The van der Waals surface area contributed by atoms with Gasteiger partial charge in [0.15, 0.2) is 0 Å². The number of hydrogen-bond donors (Lipinski definition) is 2. The lowest BCUT2D eigenvalue weighted by Gasteiger charge is -2.05. The predicted octanol–water partition coefficient (Wildman–Crippen LogP) is 2.74. The maximum Gasteiger partial charge on any atom is 0.108 e. The Bertz CT molecular complexity index is 426. The van der Waals surface area contributed by atoms with Crippen LogP contribution in [0.15, 0.2) is 24.3 Å². The summed E-state index contributed by atoms with van der Waals surface area (Å²) in [5, 5.41) is 3.45. The Morgan fingerprint density at radius 3 is 2.82 bits per heavy atom. The monoisotopic (exact) mass is 231 g/mol. The third-order valence-corrected chi connectivity index (χ3v) is 2.88. The Balaban J connectivity index is 1.79. The second kappa shape index (κ2) is 5.82. The van der Waals surface area contributed by atoms with E-state index in [0.717, 1.165) is 42.3 Å². The first-order chi connectivity index (χ1) is 8.25. The summed E-state index contributed by atoms with van der Waals surface area (Å²) in [4.78, 5) is 7.89. The van der Waals surface area contributed by atoms with Crippen molar-refractivity contribution in [2.75, 3.05) is 13.1 Å². The molecular weight excluding hydrogens is 210 g/mol. The summed E-state index contributed by atoms with van der Waals surface area (Å²) in [5.74, 6) is 1.84. The van der Waals surface area contributed by atoms with Gasteiger partial charge in [0, 0.05) is 13.0 Å². The van der Waals surface area contributed by atoms with E-state index in [2.05, 4.69) is 35.2 Å². The van der Waals surface area contributed by atoms with Gasteiger partial charge in [-0.15, -0.1) is 0 Å². The predicted molar refractivity (Wildman–Crippen MR) is 72.1 cm³/mol. The third kappa shape index (κ3) is 3.56. The van der Waals surface area contributed by atoms with E-state index in [9.17, 15) is 0 Å². The number of nitrogens with one attached hydrogen (secondary N) is 2. The minimum Gasteiger partial charge on any atom is -0.342 e. The van der Waals surface area contributed by atoms with Crippen molar-refractivity contribution in [1.82, 2.24) is 15.3 Å². The second-order valence-corrected chi connectivity index (χ2v) is 4.88. The van der Waals surface area contributed by atoms with Crippen LogP contribution in [0.4, 0.5) is 0 Å². The molecule has 0 unspecified atom stereocenters. The van der Waals surface area contributed by atoms with Gasteiger partial charge in [-0.3, -0.25) is 0 Å². The van der Waals surface area contributed by atoms with E-state index in [-0.39, 0.29) is 0 Å². The van der Waals surface area contributed by atoms with Crippen molar-refractivity contribution in [3.05, 3.63) is 30.1 Å². The highest BCUT2D eigenvalue weighted by atomic mass is 14.9. The first-order valence-corrected chi connectivity index (χ1v) is 6.40. The van der Waals surface area contributed by atoms with Gasteiger partial charge in [-0.2, -0.15) is 0 Å². The van der Waals surface area contributed by atoms with Gasteiger partial charge in [-0.05, 0) is 31.0 Å². The zero-order valence-corrected chi connectivity index (χ0v) is 10.7.